The molecule has 0 heterocycles. The number of halogens is 1. The highest BCUT2D eigenvalue weighted by Crippen LogP contribution is 2.44. The van der Waals surface area contributed by atoms with Crippen LogP contribution in [0.3, 0.4) is 0 Å². The highest BCUT2D eigenvalue weighted by Gasteiger charge is 2.40. The minimum absolute atomic E-state index is 0.142. The number of carbonyl (C=O) groups is 1. The maximum atomic E-state index is 13.2. The van der Waals surface area contributed by atoms with Crippen molar-refractivity contribution in [1.29, 1.82) is 0 Å². The first kappa shape index (κ1) is 18.1. The Balaban J connectivity index is 1.75. The second-order valence-corrected chi connectivity index (χ2v) is 9.19. The van der Waals surface area contributed by atoms with E-state index in [1.165, 1.54) is 44.8 Å². The molecule has 2 aliphatic carbocycles. The average Bonchev–Trinajstić information content (AvgIpc) is 3.16. The van der Waals surface area contributed by atoms with Crippen molar-refractivity contribution in [2.45, 2.75) is 31.7 Å². The molecule has 1 aromatic carbocycles. The van der Waals surface area contributed by atoms with Crippen LogP contribution in [0.4, 0.5) is 10.1 Å². The minimum atomic E-state index is -3.86. The van der Waals surface area contributed by atoms with Gasteiger partial charge in [-0.05, 0) is 55.4 Å². The molecule has 25 heavy (non-hydrogen) atoms. The molecule has 2 aliphatic rings. The lowest BCUT2D eigenvalue weighted by Crippen LogP contribution is -2.48. The first-order chi connectivity index (χ1) is 11.8. The Kier molecular flexibility index (Phi) is 5.02. The Labute approximate surface area is 148 Å². The molecule has 0 saturated heterocycles. The van der Waals surface area contributed by atoms with Crippen molar-refractivity contribution in [3.05, 3.63) is 30.1 Å². The second kappa shape index (κ2) is 6.92. The van der Waals surface area contributed by atoms with E-state index < -0.39 is 16.0 Å². The Morgan fingerprint density at radius 3 is 2.40 bits per heavy atom. The first-order valence-corrected chi connectivity index (χ1v) is 9.92. The van der Waals surface area contributed by atoms with Crippen molar-refractivity contribution in [3.8, 4) is 0 Å². The number of nitrogens with one attached hydrogen (secondary N) is 1. The van der Waals surface area contributed by atoms with Crippen molar-refractivity contribution >= 4 is 21.8 Å². The summed E-state index contributed by atoms with van der Waals surface area (Å²) in [4.78, 5) is 12.5. The lowest BCUT2D eigenvalue weighted by molar-refractivity contribution is -0.120. The summed E-state index contributed by atoms with van der Waals surface area (Å²) in [6.07, 6.45) is 4.50. The highest BCUT2D eigenvalue weighted by atomic mass is 32.2. The summed E-state index contributed by atoms with van der Waals surface area (Å²) >= 11 is 0. The van der Waals surface area contributed by atoms with Crippen LogP contribution in [0.2, 0.25) is 0 Å². The number of benzene rings is 1. The summed E-state index contributed by atoms with van der Waals surface area (Å²) in [5.41, 5.74) is 0.262. The number of hydrogen-bond donors (Lipinski definition) is 1. The maximum absolute atomic E-state index is 13.2. The summed E-state index contributed by atoms with van der Waals surface area (Å²) in [7, 11) is -1.06. The smallest absolute Gasteiger partial charge is 0.304 e. The molecule has 138 valence electrons. The largest absolute Gasteiger partial charge is 0.352 e. The molecule has 1 N–H and O–H groups in total. The van der Waals surface area contributed by atoms with Crippen LogP contribution >= 0.6 is 0 Å². The van der Waals surface area contributed by atoms with Crippen molar-refractivity contribution in [2.75, 3.05) is 24.9 Å². The number of nitrogens with zero attached hydrogens (tertiary/aromatic N) is 2. The molecule has 2 saturated carbocycles. The number of anilines is 1. The summed E-state index contributed by atoms with van der Waals surface area (Å²) in [5.74, 6) is 0.414. The fourth-order valence-electron chi connectivity index (χ4n) is 3.91. The van der Waals surface area contributed by atoms with Crippen LogP contribution in [0.15, 0.2) is 24.3 Å². The predicted octanol–water partition coefficient (Wildman–Crippen LogP) is 1.74. The molecule has 3 atom stereocenters. The first-order valence-electron chi connectivity index (χ1n) is 8.52. The number of rotatable bonds is 6. The molecule has 2 fully saturated rings. The topological polar surface area (TPSA) is 69.7 Å². The standard InChI is InChI=1S/C17H24FN3O3S/c1-20(2)25(23,24)21(15-7-5-14(18)6-8-15)11-17(22)19-16-10-12-3-4-13(16)9-12/h5-8,12-13,16H,3-4,9-11H2,1-2H3,(H,19,22)/t12-,13-,16+/m1/s1. The zero-order chi connectivity index (χ0) is 18.2. The van der Waals surface area contributed by atoms with Gasteiger partial charge in [0.15, 0.2) is 0 Å². The van der Waals surface area contributed by atoms with Gasteiger partial charge in [-0.3, -0.25) is 4.79 Å². The SMILES string of the molecule is CN(C)S(=O)(=O)N(CC(=O)N[C@H]1C[C@@H]2CC[C@@H]1C2)c1ccc(F)cc1. The molecule has 0 spiro atoms. The lowest BCUT2D eigenvalue weighted by atomic mass is 9.95. The van der Waals surface area contributed by atoms with E-state index >= 15 is 0 Å². The van der Waals surface area contributed by atoms with Crippen LogP contribution in [0.1, 0.15) is 25.7 Å². The molecular formula is C17H24FN3O3S. The van der Waals surface area contributed by atoms with Gasteiger partial charge in [0.2, 0.25) is 5.91 Å². The van der Waals surface area contributed by atoms with Gasteiger partial charge >= 0.3 is 10.2 Å². The predicted molar refractivity (Wildman–Crippen MR) is 93.7 cm³/mol. The molecular weight excluding hydrogens is 345 g/mol. The molecule has 8 heteroatoms. The molecule has 0 unspecified atom stereocenters. The number of hydrogen-bond acceptors (Lipinski definition) is 3. The van der Waals surface area contributed by atoms with Crippen LogP contribution in [0.25, 0.3) is 0 Å². The van der Waals surface area contributed by atoms with Crippen LogP contribution in [0, 0.1) is 17.7 Å². The van der Waals surface area contributed by atoms with E-state index in [1.807, 2.05) is 0 Å². The number of carbonyl (C=O) groups excluding carboxylic acids is 1. The van der Waals surface area contributed by atoms with Crippen molar-refractivity contribution in [3.63, 3.8) is 0 Å². The van der Waals surface area contributed by atoms with Gasteiger partial charge in [-0.2, -0.15) is 12.7 Å². The molecule has 1 aromatic rings. The number of fused-ring (bicyclic) bond motifs is 2. The van der Waals surface area contributed by atoms with Crippen LogP contribution in [-0.4, -0.2) is 45.3 Å². The molecule has 0 aromatic heterocycles. The molecule has 6 nitrogen and oxygen atoms in total. The van der Waals surface area contributed by atoms with E-state index in [0.717, 1.165) is 27.9 Å². The third kappa shape index (κ3) is 3.79. The monoisotopic (exact) mass is 369 g/mol. The summed E-state index contributed by atoms with van der Waals surface area (Å²) < 4.78 is 40.4. The zero-order valence-corrected chi connectivity index (χ0v) is 15.3. The normalized spacial score (nSPS) is 25.4. The summed E-state index contributed by atoms with van der Waals surface area (Å²) in [5, 5.41) is 3.00. The van der Waals surface area contributed by atoms with Crippen molar-refractivity contribution < 1.29 is 17.6 Å². The second-order valence-electron chi connectivity index (χ2n) is 7.12. The minimum Gasteiger partial charge on any atom is -0.352 e. The van der Waals surface area contributed by atoms with Gasteiger partial charge in [0.05, 0.1) is 5.69 Å². The van der Waals surface area contributed by atoms with E-state index in [-0.39, 0.29) is 24.2 Å². The van der Waals surface area contributed by atoms with Gasteiger partial charge in [-0.1, -0.05) is 6.42 Å². The van der Waals surface area contributed by atoms with E-state index in [0.29, 0.717) is 11.8 Å². The van der Waals surface area contributed by atoms with Gasteiger partial charge in [0.25, 0.3) is 0 Å². The van der Waals surface area contributed by atoms with Crippen LogP contribution < -0.4 is 9.62 Å². The zero-order valence-electron chi connectivity index (χ0n) is 14.5. The Morgan fingerprint density at radius 2 is 1.88 bits per heavy atom. The highest BCUT2D eigenvalue weighted by molar-refractivity contribution is 7.90. The molecule has 1 amide bonds. The number of amides is 1. The maximum Gasteiger partial charge on any atom is 0.304 e. The fraction of sp³-hybridized carbons (Fsp3) is 0.588. The van der Waals surface area contributed by atoms with E-state index in [1.54, 1.807) is 0 Å². The molecule has 2 bridgehead atoms. The Morgan fingerprint density at radius 1 is 1.20 bits per heavy atom. The molecule has 0 aliphatic heterocycles. The van der Waals surface area contributed by atoms with E-state index in [4.69, 9.17) is 0 Å². The third-order valence-electron chi connectivity index (χ3n) is 5.23. The molecule has 3 rings (SSSR count). The quantitative estimate of drug-likeness (QED) is 0.830. The van der Waals surface area contributed by atoms with Gasteiger partial charge in [-0.15, -0.1) is 0 Å². The van der Waals surface area contributed by atoms with Crippen LogP contribution in [-0.2, 0) is 15.0 Å². The van der Waals surface area contributed by atoms with Crippen LogP contribution in [0.5, 0.6) is 0 Å². The average molecular weight is 369 g/mol. The van der Waals surface area contributed by atoms with Gasteiger partial charge in [-0.25, -0.2) is 8.70 Å². The summed E-state index contributed by atoms with van der Waals surface area (Å²) in [6.45, 7) is -0.319. The van der Waals surface area contributed by atoms with Gasteiger partial charge in [0.1, 0.15) is 12.4 Å². The molecule has 0 radical (unpaired) electrons. The van der Waals surface area contributed by atoms with Gasteiger partial charge in [0, 0.05) is 20.1 Å². The van der Waals surface area contributed by atoms with E-state index in [2.05, 4.69) is 5.32 Å². The Hall–Kier alpha value is -1.67. The third-order valence-corrected chi connectivity index (χ3v) is 7.05. The summed E-state index contributed by atoms with van der Waals surface area (Å²) in [6, 6.07) is 5.23. The lowest BCUT2D eigenvalue weighted by Gasteiger charge is -2.28. The van der Waals surface area contributed by atoms with E-state index in [9.17, 15) is 17.6 Å². The Bertz CT molecular complexity index is 736. The fourth-order valence-corrected chi connectivity index (χ4v) is 4.98. The van der Waals surface area contributed by atoms with Crippen molar-refractivity contribution in [2.24, 2.45) is 11.8 Å². The van der Waals surface area contributed by atoms with Gasteiger partial charge < -0.3 is 5.32 Å². The van der Waals surface area contributed by atoms with Crippen molar-refractivity contribution in [1.82, 2.24) is 9.62 Å².